The molecule has 30 heavy (non-hydrogen) atoms. The fraction of sp³-hybridized carbons (Fsp3) is 0.458. The van der Waals surface area contributed by atoms with Crippen LogP contribution in [0, 0.1) is 6.92 Å². The van der Waals surface area contributed by atoms with Gasteiger partial charge in [-0.3, -0.25) is 9.89 Å². The summed E-state index contributed by atoms with van der Waals surface area (Å²) in [6.45, 7) is 9.09. The molecule has 0 unspecified atom stereocenters. The number of rotatable bonds is 7. The average molecular weight is 522 g/mol. The molecule has 2 aromatic rings. The number of halogens is 1. The second kappa shape index (κ2) is 12.8. The van der Waals surface area contributed by atoms with E-state index in [1.807, 2.05) is 12.1 Å². The molecule has 0 aromatic heterocycles. The van der Waals surface area contributed by atoms with Crippen molar-refractivity contribution in [3.63, 3.8) is 0 Å². The largest absolute Gasteiger partial charge is 0.508 e. The van der Waals surface area contributed by atoms with Crippen LogP contribution in [0.25, 0.3) is 0 Å². The minimum Gasteiger partial charge on any atom is -0.508 e. The Labute approximate surface area is 198 Å². The number of benzene rings is 2. The van der Waals surface area contributed by atoms with Gasteiger partial charge in [0.1, 0.15) is 5.75 Å². The van der Waals surface area contributed by atoms with Crippen LogP contribution in [0.1, 0.15) is 36.5 Å². The Kier molecular flexibility index (Phi) is 10.4. The number of aliphatic imine (C=N–C) groups is 1. The third kappa shape index (κ3) is 7.80. The minimum atomic E-state index is 0. The number of hydrogen-bond donors (Lipinski definition) is 3. The van der Waals surface area contributed by atoms with Gasteiger partial charge in [0.2, 0.25) is 0 Å². The number of nitrogens with one attached hydrogen (secondary N) is 2. The van der Waals surface area contributed by atoms with Crippen LogP contribution >= 0.6 is 24.0 Å². The smallest absolute Gasteiger partial charge is 0.191 e. The molecule has 0 atom stereocenters. The Hall–Kier alpha value is -1.80. The molecule has 164 valence electrons. The molecular weight excluding hydrogens is 487 g/mol. The summed E-state index contributed by atoms with van der Waals surface area (Å²) in [5, 5.41) is 16.6. The number of aryl methyl sites for hydroxylation is 1. The van der Waals surface area contributed by atoms with Crippen molar-refractivity contribution < 1.29 is 5.11 Å². The van der Waals surface area contributed by atoms with Crippen molar-refractivity contribution in [1.82, 2.24) is 15.5 Å². The first-order valence-corrected chi connectivity index (χ1v) is 10.7. The normalized spacial score (nSPS) is 15.5. The molecule has 1 heterocycles. The molecule has 0 bridgehead atoms. The highest BCUT2D eigenvalue weighted by Gasteiger charge is 2.20. The molecule has 1 saturated heterocycles. The summed E-state index contributed by atoms with van der Waals surface area (Å²) in [6.07, 6.45) is 3.07. The molecule has 6 heteroatoms. The molecule has 0 radical (unpaired) electrons. The van der Waals surface area contributed by atoms with Crippen molar-refractivity contribution in [2.45, 2.75) is 45.7 Å². The van der Waals surface area contributed by atoms with Crippen LogP contribution in [0.5, 0.6) is 5.75 Å². The van der Waals surface area contributed by atoms with E-state index in [0.717, 1.165) is 57.0 Å². The minimum absolute atomic E-state index is 0. The van der Waals surface area contributed by atoms with E-state index in [1.54, 1.807) is 12.1 Å². The van der Waals surface area contributed by atoms with E-state index >= 15 is 0 Å². The Bertz CT molecular complexity index is 803. The van der Waals surface area contributed by atoms with Crippen molar-refractivity contribution in [1.29, 1.82) is 0 Å². The van der Waals surface area contributed by atoms with Crippen LogP contribution in [0.15, 0.2) is 53.5 Å². The Morgan fingerprint density at radius 3 is 2.60 bits per heavy atom. The van der Waals surface area contributed by atoms with E-state index in [4.69, 9.17) is 4.99 Å². The van der Waals surface area contributed by atoms with E-state index in [9.17, 15) is 5.11 Å². The molecule has 2 aromatic carbocycles. The molecule has 0 amide bonds. The molecule has 3 N–H and O–H groups in total. The molecule has 3 rings (SSSR count). The van der Waals surface area contributed by atoms with Crippen molar-refractivity contribution >= 4 is 29.9 Å². The maximum absolute atomic E-state index is 9.59. The van der Waals surface area contributed by atoms with Crippen molar-refractivity contribution in [3.05, 3.63) is 65.2 Å². The molecule has 0 aliphatic carbocycles. The van der Waals surface area contributed by atoms with E-state index in [2.05, 4.69) is 53.6 Å². The molecule has 1 fully saturated rings. The average Bonchev–Trinajstić information content (AvgIpc) is 2.71. The molecule has 1 aliphatic heterocycles. The van der Waals surface area contributed by atoms with Crippen molar-refractivity contribution in [3.8, 4) is 5.75 Å². The zero-order valence-corrected chi connectivity index (χ0v) is 20.4. The van der Waals surface area contributed by atoms with Gasteiger partial charge in [-0.15, -0.1) is 24.0 Å². The van der Waals surface area contributed by atoms with Gasteiger partial charge >= 0.3 is 0 Å². The van der Waals surface area contributed by atoms with Gasteiger partial charge in [0, 0.05) is 38.8 Å². The highest BCUT2D eigenvalue weighted by molar-refractivity contribution is 14.0. The third-order valence-corrected chi connectivity index (χ3v) is 5.51. The summed E-state index contributed by atoms with van der Waals surface area (Å²) in [5.41, 5.74) is 3.91. The molecule has 1 aliphatic rings. The van der Waals surface area contributed by atoms with Crippen LogP contribution in [0.4, 0.5) is 0 Å². The van der Waals surface area contributed by atoms with Gasteiger partial charge in [0.25, 0.3) is 0 Å². The topological polar surface area (TPSA) is 59.9 Å². The fourth-order valence-corrected chi connectivity index (χ4v) is 3.79. The fourth-order valence-electron chi connectivity index (χ4n) is 3.79. The van der Waals surface area contributed by atoms with Crippen LogP contribution in [-0.4, -0.2) is 48.2 Å². The van der Waals surface area contributed by atoms with Crippen molar-refractivity contribution in [2.24, 2.45) is 4.99 Å². The second-order valence-corrected chi connectivity index (χ2v) is 7.80. The zero-order valence-electron chi connectivity index (χ0n) is 18.1. The third-order valence-electron chi connectivity index (χ3n) is 5.51. The lowest BCUT2D eigenvalue weighted by molar-refractivity contribution is 0.198. The maximum atomic E-state index is 9.59. The first-order chi connectivity index (χ1) is 14.1. The number of guanidine groups is 1. The SMILES string of the molecule is CCNC(=NCCc1cccc(O)c1)NC1CCN(Cc2ccccc2C)CC1.I. The first-order valence-electron chi connectivity index (χ1n) is 10.7. The number of hydrogen-bond acceptors (Lipinski definition) is 3. The monoisotopic (exact) mass is 522 g/mol. The molecule has 0 saturated carbocycles. The standard InChI is InChI=1S/C24H34N4O.HI/c1-3-25-24(26-14-11-20-8-6-10-23(29)17-20)27-22-12-15-28(16-13-22)18-21-9-5-4-7-19(21)2;/h4-10,17,22,29H,3,11-16,18H2,1-2H3,(H2,25,26,27);1H. The highest BCUT2D eigenvalue weighted by Crippen LogP contribution is 2.16. The predicted molar refractivity (Wildman–Crippen MR) is 136 cm³/mol. The van der Waals surface area contributed by atoms with Crippen molar-refractivity contribution in [2.75, 3.05) is 26.2 Å². The van der Waals surface area contributed by atoms with Gasteiger partial charge in [0.15, 0.2) is 5.96 Å². The van der Waals surface area contributed by atoms with Crippen LogP contribution in [-0.2, 0) is 13.0 Å². The number of phenols is 1. The van der Waals surface area contributed by atoms with Gasteiger partial charge in [-0.25, -0.2) is 0 Å². The van der Waals surface area contributed by atoms with E-state index in [-0.39, 0.29) is 24.0 Å². The Morgan fingerprint density at radius 2 is 1.90 bits per heavy atom. The van der Waals surface area contributed by atoms with Gasteiger partial charge in [-0.1, -0.05) is 36.4 Å². The molecule has 0 spiro atoms. The number of nitrogens with zero attached hydrogens (tertiary/aromatic N) is 2. The number of piperidine rings is 1. The van der Waals surface area contributed by atoms with Crippen LogP contribution in [0.2, 0.25) is 0 Å². The first kappa shape index (κ1) is 24.5. The van der Waals surface area contributed by atoms with E-state index in [1.165, 1.54) is 11.1 Å². The lowest BCUT2D eigenvalue weighted by Gasteiger charge is -2.33. The number of aromatic hydroxyl groups is 1. The number of likely N-dealkylation sites (tertiary alicyclic amines) is 1. The van der Waals surface area contributed by atoms with Crippen LogP contribution < -0.4 is 10.6 Å². The lowest BCUT2D eigenvalue weighted by Crippen LogP contribution is -2.48. The summed E-state index contributed by atoms with van der Waals surface area (Å²) in [5.74, 6) is 1.21. The number of phenolic OH excluding ortho intramolecular Hbond substituents is 1. The summed E-state index contributed by atoms with van der Waals surface area (Å²) in [6, 6.07) is 16.5. The Balaban J connectivity index is 0.00000320. The van der Waals surface area contributed by atoms with Crippen LogP contribution in [0.3, 0.4) is 0 Å². The summed E-state index contributed by atoms with van der Waals surface area (Å²) in [7, 11) is 0. The van der Waals surface area contributed by atoms with Gasteiger partial charge in [-0.05, 0) is 61.9 Å². The van der Waals surface area contributed by atoms with E-state index in [0.29, 0.717) is 18.3 Å². The second-order valence-electron chi connectivity index (χ2n) is 7.80. The highest BCUT2D eigenvalue weighted by atomic mass is 127. The molecule has 5 nitrogen and oxygen atoms in total. The molecular formula is C24H35IN4O. The lowest BCUT2D eigenvalue weighted by atomic mass is 10.0. The van der Waals surface area contributed by atoms with Gasteiger partial charge < -0.3 is 15.7 Å². The summed E-state index contributed by atoms with van der Waals surface area (Å²) < 4.78 is 0. The summed E-state index contributed by atoms with van der Waals surface area (Å²) >= 11 is 0. The maximum Gasteiger partial charge on any atom is 0.191 e. The van der Waals surface area contributed by atoms with E-state index < -0.39 is 0 Å². The predicted octanol–water partition coefficient (Wildman–Crippen LogP) is 4.08. The zero-order chi connectivity index (χ0) is 20.5. The Morgan fingerprint density at radius 1 is 1.13 bits per heavy atom. The van der Waals surface area contributed by atoms with Gasteiger partial charge in [-0.2, -0.15) is 0 Å². The van der Waals surface area contributed by atoms with Gasteiger partial charge in [0.05, 0.1) is 0 Å². The quantitative estimate of drug-likeness (QED) is 0.292. The summed E-state index contributed by atoms with van der Waals surface area (Å²) in [4.78, 5) is 7.28.